The molecule has 0 atom stereocenters. The topological polar surface area (TPSA) is 23.8 Å². The van der Waals surface area contributed by atoms with Crippen LogP contribution in [0.1, 0.15) is 5.56 Å². The van der Waals surface area contributed by atoms with Crippen molar-refractivity contribution >= 4 is 0 Å². The minimum atomic E-state index is -3.84. The summed E-state index contributed by atoms with van der Waals surface area (Å²) in [5.74, 6) is -1.05. The van der Waals surface area contributed by atoms with Gasteiger partial charge in [0.15, 0.2) is 6.05 Å². The first-order valence-corrected chi connectivity index (χ1v) is 2.89. The van der Waals surface area contributed by atoms with E-state index in [0.717, 1.165) is 12.1 Å². The van der Waals surface area contributed by atoms with Crippen LogP contribution in [-0.2, 0) is 6.05 Å². The molecule has 1 N–H and O–H groups in total. The fourth-order valence-corrected chi connectivity index (χ4v) is 0.716. The first kappa shape index (κ1) is 8.07. The van der Waals surface area contributed by atoms with E-state index in [9.17, 15) is 13.2 Å². The lowest BCUT2D eigenvalue weighted by atomic mass is 10.2. The van der Waals surface area contributed by atoms with Gasteiger partial charge in [-0.15, -0.1) is 0 Å². The van der Waals surface area contributed by atoms with Crippen molar-refractivity contribution in [3.8, 4) is 0 Å². The summed E-state index contributed by atoms with van der Waals surface area (Å²) < 4.78 is 36.8. The Balaban J connectivity index is 3.14. The smallest absolute Gasteiger partial charge is 0.197 e. The van der Waals surface area contributed by atoms with Crippen LogP contribution in [0, 0.1) is 5.82 Å². The molecule has 0 heterocycles. The molecule has 0 saturated carbocycles. The first-order valence-electron chi connectivity index (χ1n) is 2.89. The van der Waals surface area contributed by atoms with Crippen LogP contribution in [0.5, 0.6) is 0 Å². The van der Waals surface area contributed by atoms with Gasteiger partial charge >= 0.3 is 0 Å². The molecule has 11 heavy (non-hydrogen) atoms. The van der Waals surface area contributed by atoms with Crippen molar-refractivity contribution in [2.24, 2.45) is 0 Å². The van der Waals surface area contributed by atoms with Crippen LogP contribution < -0.4 is 0 Å². The third-order valence-corrected chi connectivity index (χ3v) is 1.21. The molecule has 4 heteroatoms. The van der Waals surface area contributed by atoms with Crippen LogP contribution in [0.4, 0.5) is 13.2 Å². The molecule has 0 unspecified atom stereocenters. The molecule has 0 bridgehead atoms. The highest BCUT2D eigenvalue weighted by Gasteiger charge is 2.19. The second-order valence-electron chi connectivity index (χ2n) is 2.05. The zero-order valence-electron chi connectivity index (χ0n) is 5.44. The monoisotopic (exact) mass is 160 g/mol. The molecule has 0 aromatic heterocycles. The van der Waals surface area contributed by atoms with Crippen molar-refractivity contribution in [2.45, 2.75) is 6.05 Å². The Labute approximate surface area is 61.6 Å². The molecule has 0 saturated heterocycles. The van der Waals surface area contributed by atoms with Crippen molar-refractivity contribution in [3.05, 3.63) is 41.4 Å². The van der Waals surface area contributed by atoms with E-state index in [2.05, 4.69) is 0 Å². The summed E-state index contributed by atoms with van der Waals surface area (Å²) >= 11 is 0. The van der Waals surface area contributed by atoms with Crippen molar-refractivity contribution in [1.29, 1.82) is 0 Å². The van der Waals surface area contributed by atoms with Crippen LogP contribution in [0.15, 0.2) is 24.3 Å². The molecule has 0 aliphatic rings. The quantitative estimate of drug-likeness (QED) is 0.564. The third kappa shape index (κ3) is 1.71. The third-order valence-electron chi connectivity index (χ3n) is 1.21. The van der Waals surface area contributed by atoms with Gasteiger partial charge in [0.1, 0.15) is 5.82 Å². The van der Waals surface area contributed by atoms with E-state index < -0.39 is 17.4 Å². The second kappa shape index (κ2) is 2.54. The summed E-state index contributed by atoms with van der Waals surface area (Å²) in [6.07, 6.45) is 0. The highest BCUT2D eigenvalue weighted by Crippen LogP contribution is 2.29. The molecule has 1 aromatic rings. The second-order valence-corrected chi connectivity index (χ2v) is 2.05. The van der Waals surface area contributed by atoms with E-state index in [-0.39, 0.29) is 0 Å². The van der Waals surface area contributed by atoms with Gasteiger partial charge in [0.2, 0.25) is 0 Å². The zero-order valence-corrected chi connectivity index (χ0v) is 5.44. The largest absolute Gasteiger partial charge is 0.611 e. The van der Waals surface area contributed by atoms with Gasteiger partial charge in [0, 0.05) is 5.56 Å². The van der Waals surface area contributed by atoms with Gasteiger partial charge in [0.05, 0.1) is 0 Å². The Morgan fingerprint density at radius 2 is 1.73 bits per heavy atom. The Hall–Kier alpha value is -1.03. The molecule has 60 valence electrons. The Morgan fingerprint density at radius 3 is 2.09 bits per heavy atom. The van der Waals surface area contributed by atoms with Crippen molar-refractivity contribution in [2.75, 3.05) is 0 Å². The summed E-state index contributed by atoms with van der Waals surface area (Å²) in [6, 6.07) is 0.511. The molecular weight excluding hydrogens is 155 g/mol. The maximum Gasteiger partial charge on any atom is 0.197 e. The standard InChI is InChI=1S/C7H5F3N/c8-6-4-2-1-3-5(6)7(9,10)11/h1-4,11H/q-1. The molecule has 0 aliphatic heterocycles. The van der Waals surface area contributed by atoms with Crippen molar-refractivity contribution in [3.63, 3.8) is 0 Å². The molecule has 0 radical (unpaired) electrons. The zero-order chi connectivity index (χ0) is 8.48. The number of alkyl halides is 2. The summed E-state index contributed by atoms with van der Waals surface area (Å²) in [7, 11) is 0. The summed E-state index contributed by atoms with van der Waals surface area (Å²) in [6.45, 7) is 0. The predicted octanol–water partition coefficient (Wildman–Crippen LogP) is 2.93. The van der Waals surface area contributed by atoms with E-state index in [1.807, 2.05) is 0 Å². The van der Waals surface area contributed by atoms with Crippen LogP contribution in [-0.4, -0.2) is 0 Å². The van der Waals surface area contributed by atoms with E-state index in [1.54, 1.807) is 0 Å². The number of rotatable bonds is 1. The van der Waals surface area contributed by atoms with Crippen molar-refractivity contribution in [1.82, 2.24) is 0 Å². The number of nitrogens with one attached hydrogen (secondary N) is 1. The van der Waals surface area contributed by atoms with Gasteiger partial charge in [0.25, 0.3) is 0 Å². The maximum atomic E-state index is 12.5. The molecule has 0 spiro atoms. The Bertz CT molecular complexity index is 254. The van der Waals surface area contributed by atoms with Crippen LogP contribution >= 0.6 is 0 Å². The lowest BCUT2D eigenvalue weighted by molar-refractivity contribution is 0.0482. The lowest BCUT2D eigenvalue weighted by Crippen LogP contribution is -2.07. The lowest BCUT2D eigenvalue weighted by Gasteiger charge is -2.19. The average Bonchev–Trinajstić information content (AvgIpc) is 1.86. The average molecular weight is 160 g/mol. The Morgan fingerprint density at radius 1 is 1.18 bits per heavy atom. The van der Waals surface area contributed by atoms with Gasteiger partial charge < -0.3 is 5.73 Å². The number of hydrogen-bond donors (Lipinski definition) is 0. The fraction of sp³-hybridized carbons (Fsp3) is 0.143. The van der Waals surface area contributed by atoms with E-state index in [4.69, 9.17) is 5.73 Å². The molecule has 0 amide bonds. The molecule has 1 nitrogen and oxygen atoms in total. The molecule has 0 aliphatic carbocycles. The van der Waals surface area contributed by atoms with E-state index in [1.165, 1.54) is 12.1 Å². The van der Waals surface area contributed by atoms with Gasteiger partial charge in [-0.25, -0.2) is 13.2 Å². The van der Waals surface area contributed by atoms with E-state index in [0.29, 0.717) is 0 Å². The minimum Gasteiger partial charge on any atom is -0.611 e. The number of halogens is 3. The van der Waals surface area contributed by atoms with Crippen molar-refractivity contribution < 1.29 is 13.2 Å². The SMILES string of the molecule is [NH-]C(F)(F)c1ccccc1F. The maximum absolute atomic E-state index is 12.5. The molecule has 1 aromatic carbocycles. The first-order chi connectivity index (χ1) is 5.02. The highest BCUT2D eigenvalue weighted by atomic mass is 19.3. The number of benzene rings is 1. The normalized spacial score (nSPS) is 11.6. The van der Waals surface area contributed by atoms with Crippen LogP contribution in [0.3, 0.4) is 0 Å². The Kier molecular flexibility index (Phi) is 1.87. The summed E-state index contributed by atoms with van der Waals surface area (Å²) in [5, 5.41) is 0. The summed E-state index contributed by atoms with van der Waals surface area (Å²) in [5.41, 5.74) is 5.35. The fourth-order valence-electron chi connectivity index (χ4n) is 0.716. The number of hydrogen-bond acceptors (Lipinski definition) is 0. The van der Waals surface area contributed by atoms with Gasteiger partial charge in [-0.3, -0.25) is 0 Å². The van der Waals surface area contributed by atoms with Gasteiger partial charge in [-0.2, -0.15) is 0 Å². The van der Waals surface area contributed by atoms with E-state index >= 15 is 0 Å². The van der Waals surface area contributed by atoms with Crippen LogP contribution in [0.2, 0.25) is 0 Å². The molecule has 1 rings (SSSR count). The van der Waals surface area contributed by atoms with Gasteiger partial charge in [-0.05, 0) is 6.07 Å². The molecule has 0 fully saturated rings. The minimum absolute atomic E-state index is 0.889. The predicted molar refractivity (Wildman–Crippen MR) is 34.6 cm³/mol. The van der Waals surface area contributed by atoms with Gasteiger partial charge in [-0.1, -0.05) is 18.2 Å². The van der Waals surface area contributed by atoms with Crippen LogP contribution in [0.25, 0.3) is 5.73 Å². The highest BCUT2D eigenvalue weighted by molar-refractivity contribution is 5.23. The summed E-state index contributed by atoms with van der Waals surface area (Å²) in [4.78, 5) is 0. The molecular formula is C7H5F3N-.